The van der Waals surface area contributed by atoms with Gasteiger partial charge in [-0.05, 0) is 19.4 Å². The SMILES string of the molecule is CN1CCNC(CC(=O)N(C)CCC2CCCC2)C1. The molecule has 1 aliphatic heterocycles. The van der Waals surface area contributed by atoms with E-state index in [4.69, 9.17) is 0 Å². The van der Waals surface area contributed by atoms with Crippen LogP contribution in [-0.4, -0.2) is 62.0 Å². The monoisotopic (exact) mass is 267 g/mol. The molecule has 1 N–H and O–H groups in total. The number of likely N-dealkylation sites (N-methyl/N-ethyl adjacent to an activating group) is 1. The van der Waals surface area contributed by atoms with E-state index in [1.54, 1.807) is 0 Å². The molecule has 4 heteroatoms. The largest absolute Gasteiger partial charge is 0.346 e. The summed E-state index contributed by atoms with van der Waals surface area (Å²) in [5, 5.41) is 3.44. The van der Waals surface area contributed by atoms with Crippen LogP contribution in [0.25, 0.3) is 0 Å². The van der Waals surface area contributed by atoms with Crippen molar-refractivity contribution in [3.8, 4) is 0 Å². The van der Waals surface area contributed by atoms with Crippen molar-refractivity contribution in [3.63, 3.8) is 0 Å². The molecule has 1 aliphatic carbocycles. The Kier molecular flexibility index (Phi) is 5.64. The van der Waals surface area contributed by atoms with E-state index in [0.717, 1.165) is 32.1 Å². The molecule has 0 radical (unpaired) electrons. The van der Waals surface area contributed by atoms with E-state index in [1.807, 2.05) is 11.9 Å². The van der Waals surface area contributed by atoms with Crippen LogP contribution < -0.4 is 5.32 Å². The van der Waals surface area contributed by atoms with Crippen LogP contribution in [0.1, 0.15) is 38.5 Å². The molecule has 0 spiro atoms. The number of carbonyl (C=O) groups is 1. The van der Waals surface area contributed by atoms with Crippen molar-refractivity contribution in [2.45, 2.75) is 44.6 Å². The minimum absolute atomic E-state index is 0.297. The van der Waals surface area contributed by atoms with Gasteiger partial charge in [0.1, 0.15) is 0 Å². The minimum Gasteiger partial charge on any atom is -0.346 e. The summed E-state index contributed by atoms with van der Waals surface area (Å²) in [4.78, 5) is 16.4. The molecule has 1 amide bonds. The molecule has 2 aliphatic rings. The molecule has 1 unspecified atom stereocenters. The zero-order valence-corrected chi connectivity index (χ0v) is 12.5. The first kappa shape index (κ1) is 14.8. The van der Waals surface area contributed by atoms with Crippen molar-refractivity contribution in [1.82, 2.24) is 15.1 Å². The minimum atomic E-state index is 0.297. The third-order valence-corrected chi connectivity index (χ3v) is 4.65. The molecule has 0 aromatic carbocycles. The molecule has 19 heavy (non-hydrogen) atoms. The summed E-state index contributed by atoms with van der Waals surface area (Å²) in [5.41, 5.74) is 0. The van der Waals surface area contributed by atoms with Gasteiger partial charge in [-0.1, -0.05) is 25.7 Å². The Balaban J connectivity index is 1.66. The van der Waals surface area contributed by atoms with Gasteiger partial charge in [0.15, 0.2) is 0 Å². The molecular formula is C15H29N3O. The highest BCUT2D eigenvalue weighted by Crippen LogP contribution is 2.27. The maximum atomic E-state index is 12.2. The average Bonchev–Trinajstić information content (AvgIpc) is 2.89. The summed E-state index contributed by atoms with van der Waals surface area (Å²) < 4.78 is 0. The van der Waals surface area contributed by atoms with Gasteiger partial charge in [-0.25, -0.2) is 0 Å². The van der Waals surface area contributed by atoms with Crippen molar-refractivity contribution in [1.29, 1.82) is 0 Å². The van der Waals surface area contributed by atoms with Crippen LogP contribution in [0.4, 0.5) is 0 Å². The van der Waals surface area contributed by atoms with E-state index >= 15 is 0 Å². The third kappa shape index (κ3) is 4.77. The predicted molar refractivity (Wildman–Crippen MR) is 78.1 cm³/mol. The number of nitrogens with zero attached hydrogens (tertiary/aromatic N) is 2. The lowest BCUT2D eigenvalue weighted by Gasteiger charge is -2.31. The van der Waals surface area contributed by atoms with Gasteiger partial charge in [0.25, 0.3) is 0 Å². The third-order valence-electron chi connectivity index (χ3n) is 4.65. The number of hydrogen-bond donors (Lipinski definition) is 1. The second-order valence-corrected chi connectivity index (χ2v) is 6.37. The second-order valence-electron chi connectivity index (χ2n) is 6.37. The van der Waals surface area contributed by atoms with Crippen molar-refractivity contribution >= 4 is 5.91 Å². The van der Waals surface area contributed by atoms with Gasteiger partial charge >= 0.3 is 0 Å². The van der Waals surface area contributed by atoms with E-state index in [2.05, 4.69) is 17.3 Å². The Bertz CT molecular complexity index is 289. The Morgan fingerprint density at radius 2 is 2.11 bits per heavy atom. The van der Waals surface area contributed by atoms with Gasteiger partial charge in [0.2, 0.25) is 5.91 Å². The van der Waals surface area contributed by atoms with Gasteiger partial charge in [0.05, 0.1) is 0 Å². The molecule has 110 valence electrons. The van der Waals surface area contributed by atoms with Crippen LogP contribution in [0, 0.1) is 5.92 Å². The molecule has 0 aromatic heterocycles. The Morgan fingerprint density at radius 3 is 2.79 bits per heavy atom. The topological polar surface area (TPSA) is 35.6 Å². The fourth-order valence-electron chi connectivity index (χ4n) is 3.29. The van der Waals surface area contributed by atoms with E-state index in [0.29, 0.717) is 18.4 Å². The Hall–Kier alpha value is -0.610. The summed E-state index contributed by atoms with van der Waals surface area (Å²) >= 11 is 0. The first-order chi connectivity index (χ1) is 9.15. The lowest BCUT2D eigenvalue weighted by Crippen LogP contribution is -2.50. The Labute approximate surface area is 117 Å². The molecule has 2 fully saturated rings. The Morgan fingerprint density at radius 1 is 1.37 bits per heavy atom. The molecule has 1 saturated carbocycles. The molecule has 0 aromatic rings. The smallest absolute Gasteiger partial charge is 0.223 e. The first-order valence-corrected chi connectivity index (χ1v) is 7.81. The van der Waals surface area contributed by atoms with Gasteiger partial charge < -0.3 is 15.1 Å². The van der Waals surface area contributed by atoms with Crippen LogP contribution >= 0.6 is 0 Å². The molecule has 4 nitrogen and oxygen atoms in total. The van der Waals surface area contributed by atoms with Gasteiger partial charge in [-0.3, -0.25) is 4.79 Å². The summed E-state index contributed by atoms with van der Waals surface area (Å²) in [5.74, 6) is 1.17. The number of rotatable bonds is 5. The zero-order valence-electron chi connectivity index (χ0n) is 12.5. The molecule has 1 atom stereocenters. The number of piperazine rings is 1. The van der Waals surface area contributed by atoms with Gasteiger partial charge in [-0.15, -0.1) is 0 Å². The van der Waals surface area contributed by atoms with E-state index < -0.39 is 0 Å². The highest BCUT2D eigenvalue weighted by atomic mass is 16.2. The van der Waals surface area contributed by atoms with Crippen molar-refractivity contribution in [2.75, 3.05) is 40.3 Å². The van der Waals surface area contributed by atoms with Crippen LogP contribution in [-0.2, 0) is 4.79 Å². The van der Waals surface area contributed by atoms with Crippen molar-refractivity contribution < 1.29 is 4.79 Å². The lowest BCUT2D eigenvalue weighted by molar-refractivity contribution is -0.130. The van der Waals surface area contributed by atoms with E-state index in [1.165, 1.54) is 32.1 Å². The number of carbonyl (C=O) groups excluding carboxylic acids is 1. The summed E-state index contributed by atoms with van der Waals surface area (Å²) in [6.07, 6.45) is 7.36. The average molecular weight is 267 g/mol. The van der Waals surface area contributed by atoms with Crippen molar-refractivity contribution in [3.05, 3.63) is 0 Å². The fraction of sp³-hybridized carbons (Fsp3) is 0.933. The standard InChI is InChI=1S/C15H29N3O/c1-17-10-8-16-14(12-17)11-15(19)18(2)9-7-13-5-3-4-6-13/h13-14,16H,3-12H2,1-2H3. The predicted octanol–water partition coefficient (Wildman–Crippen LogP) is 1.32. The molecule has 2 rings (SSSR count). The van der Waals surface area contributed by atoms with E-state index in [9.17, 15) is 4.79 Å². The second kappa shape index (κ2) is 7.25. The molecule has 0 bridgehead atoms. The van der Waals surface area contributed by atoms with Crippen LogP contribution in [0.15, 0.2) is 0 Å². The fourth-order valence-corrected chi connectivity index (χ4v) is 3.29. The number of nitrogens with one attached hydrogen (secondary N) is 1. The summed E-state index contributed by atoms with van der Waals surface area (Å²) in [6, 6.07) is 0.334. The van der Waals surface area contributed by atoms with Gasteiger partial charge in [0, 0.05) is 45.7 Å². The lowest BCUT2D eigenvalue weighted by atomic mass is 10.0. The molecular weight excluding hydrogens is 238 g/mol. The van der Waals surface area contributed by atoms with Crippen molar-refractivity contribution in [2.24, 2.45) is 5.92 Å². The highest BCUT2D eigenvalue weighted by molar-refractivity contribution is 5.76. The highest BCUT2D eigenvalue weighted by Gasteiger charge is 2.22. The number of amides is 1. The quantitative estimate of drug-likeness (QED) is 0.816. The maximum Gasteiger partial charge on any atom is 0.223 e. The van der Waals surface area contributed by atoms with E-state index in [-0.39, 0.29) is 0 Å². The number of hydrogen-bond acceptors (Lipinski definition) is 3. The molecule has 1 heterocycles. The zero-order chi connectivity index (χ0) is 13.7. The summed E-state index contributed by atoms with van der Waals surface area (Å²) in [6.45, 7) is 4.01. The molecule has 1 saturated heterocycles. The summed E-state index contributed by atoms with van der Waals surface area (Å²) in [7, 11) is 4.09. The normalized spacial score (nSPS) is 25.7. The first-order valence-electron chi connectivity index (χ1n) is 7.81. The van der Waals surface area contributed by atoms with Crippen LogP contribution in [0.3, 0.4) is 0 Å². The van der Waals surface area contributed by atoms with Crippen LogP contribution in [0.2, 0.25) is 0 Å². The van der Waals surface area contributed by atoms with Gasteiger partial charge in [-0.2, -0.15) is 0 Å². The van der Waals surface area contributed by atoms with Crippen LogP contribution in [0.5, 0.6) is 0 Å². The maximum absolute atomic E-state index is 12.2.